The Morgan fingerprint density at radius 3 is 1.19 bits per heavy atom. The molecular formula is C40H34Cl2N10O7+2. The van der Waals surface area contributed by atoms with Crippen LogP contribution in [0.1, 0.15) is 0 Å². The van der Waals surface area contributed by atoms with Gasteiger partial charge in [-0.2, -0.15) is 0 Å². The average molecular weight is 838 g/mol. The fraction of sp³-hybridized carbons (Fsp3) is 0.0500. The summed E-state index contributed by atoms with van der Waals surface area (Å²) in [6.45, 7) is 0. The van der Waals surface area contributed by atoms with Gasteiger partial charge in [0.15, 0.2) is 11.5 Å². The molecule has 17 nitrogen and oxygen atoms in total. The summed E-state index contributed by atoms with van der Waals surface area (Å²) in [4.78, 5) is 28.1. The lowest BCUT2D eigenvalue weighted by atomic mass is 10.0. The molecule has 0 aliphatic rings. The highest BCUT2D eigenvalue weighted by Gasteiger charge is 2.29. The molecule has 0 spiro atoms. The van der Waals surface area contributed by atoms with Crippen LogP contribution in [-0.4, -0.2) is 59.5 Å². The van der Waals surface area contributed by atoms with Gasteiger partial charge >= 0.3 is 11.6 Å². The molecule has 0 aliphatic carbocycles. The second-order valence-corrected chi connectivity index (χ2v) is 12.3. The Labute approximate surface area is 347 Å². The molecule has 0 radical (unpaired) electrons. The minimum atomic E-state index is -0.456. The van der Waals surface area contributed by atoms with Gasteiger partial charge in [0, 0.05) is 33.9 Å². The van der Waals surface area contributed by atoms with Gasteiger partial charge in [-0.15, -0.1) is 24.8 Å². The zero-order valence-electron chi connectivity index (χ0n) is 31.1. The largest absolute Gasteiger partial charge is 0.492 e. The number of nitro groups is 2. The minimum Gasteiger partial charge on any atom is -0.492 e. The Morgan fingerprint density at radius 1 is 0.508 bits per heavy atom. The van der Waals surface area contributed by atoms with Crippen LogP contribution in [0.5, 0.6) is 11.5 Å². The molecular weight excluding hydrogens is 803 g/mol. The van der Waals surface area contributed by atoms with Crippen molar-refractivity contribution in [1.29, 1.82) is 0 Å². The summed E-state index contributed by atoms with van der Waals surface area (Å²) in [7, 11) is 3.12. The van der Waals surface area contributed by atoms with Crippen molar-refractivity contribution in [2.24, 2.45) is 0 Å². The highest BCUT2D eigenvalue weighted by atomic mass is 35.5. The maximum Gasteiger partial charge on any atom is 0.340 e. The molecule has 0 saturated carbocycles. The van der Waals surface area contributed by atoms with Gasteiger partial charge in [-0.1, -0.05) is 36.4 Å². The Balaban J connectivity index is 0.00000220. The fourth-order valence-electron chi connectivity index (χ4n) is 6.08. The molecule has 0 fully saturated rings. The van der Waals surface area contributed by atoms with Crippen LogP contribution >= 0.6 is 24.8 Å². The summed E-state index contributed by atoms with van der Waals surface area (Å²) in [6, 6.07) is 42.3. The minimum absolute atomic E-state index is 0. The number of hydrogen-bond donors (Lipinski definition) is 0. The molecule has 0 unspecified atom stereocenters. The maximum absolute atomic E-state index is 11.4. The molecule has 0 bridgehead atoms. The first-order chi connectivity index (χ1) is 27.3. The number of ether oxygens (including phenoxy) is 2. The third-order valence-corrected chi connectivity index (χ3v) is 8.89. The summed E-state index contributed by atoms with van der Waals surface area (Å²) in [5.74, 6) is 1.82. The number of tetrazole rings is 2. The van der Waals surface area contributed by atoms with E-state index in [-0.39, 0.29) is 41.7 Å². The summed E-state index contributed by atoms with van der Waals surface area (Å²) in [5.41, 5.74) is 5.28. The molecule has 2 heterocycles. The van der Waals surface area contributed by atoms with Crippen molar-refractivity contribution in [1.82, 2.24) is 30.0 Å². The van der Waals surface area contributed by atoms with E-state index in [9.17, 15) is 20.2 Å². The van der Waals surface area contributed by atoms with Crippen LogP contribution < -0.4 is 19.1 Å². The SMILES string of the molecule is COc1cc(-c2ccc(-[n+]3nc(-c4ccccc4)nn3-c3ccc([N+](=O)[O-])cc3)c(OC)c2)ccc1-[n+]1nc(-c2ccccc2)nn1-c1ccc([N+](=O)[O-])cc1.Cl.Cl.O. The molecule has 8 rings (SSSR count). The standard InChI is InChI=1S/C40H30N10O6.2ClH.H2O/c1-55-37-25-29(13-23-35(37)47-43-39(27-9-5-3-6-10-27)41-45(47)31-15-19-33(20-16-31)49(51)52)30-14-24-36(38(26-30)56-2)48-44-40(28-11-7-4-8-12-28)42-46(48)32-17-21-34(22-18-32)50(53)54;;;/h3-26H,1-2H3;2*1H;1H2/q+2;;;. The third-order valence-electron chi connectivity index (χ3n) is 8.89. The van der Waals surface area contributed by atoms with Gasteiger partial charge in [0.05, 0.1) is 45.4 Å². The first kappa shape index (κ1) is 42.5. The van der Waals surface area contributed by atoms with Gasteiger partial charge in [0.2, 0.25) is 11.4 Å². The number of non-ortho nitro benzene ring substituents is 2. The number of methoxy groups -OCH3 is 2. The van der Waals surface area contributed by atoms with Gasteiger partial charge < -0.3 is 14.9 Å². The van der Waals surface area contributed by atoms with Crippen molar-refractivity contribution >= 4 is 36.2 Å². The van der Waals surface area contributed by atoms with Crippen LogP contribution in [0.4, 0.5) is 11.4 Å². The second kappa shape index (κ2) is 18.1. The number of aromatic nitrogens is 8. The van der Waals surface area contributed by atoms with Crippen LogP contribution in [-0.2, 0) is 0 Å². The predicted octanol–water partition coefficient (Wildman–Crippen LogP) is 6.25. The lowest BCUT2D eigenvalue weighted by Gasteiger charge is -2.11. The zero-order chi connectivity index (χ0) is 38.8. The molecule has 2 aromatic heterocycles. The summed E-state index contributed by atoms with van der Waals surface area (Å²) >= 11 is 0. The molecule has 0 aliphatic heterocycles. The number of rotatable bonds is 11. The smallest absolute Gasteiger partial charge is 0.340 e. The molecule has 59 heavy (non-hydrogen) atoms. The van der Waals surface area contributed by atoms with Crippen LogP contribution in [0.3, 0.4) is 0 Å². The van der Waals surface area contributed by atoms with Crippen molar-refractivity contribution in [3.05, 3.63) is 166 Å². The van der Waals surface area contributed by atoms with E-state index in [1.54, 1.807) is 57.7 Å². The van der Waals surface area contributed by atoms with E-state index in [0.717, 1.165) is 22.3 Å². The van der Waals surface area contributed by atoms with Crippen LogP contribution in [0.25, 0.3) is 56.7 Å². The van der Waals surface area contributed by atoms with Crippen molar-refractivity contribution < 1.29 is 34.4 Å². The quantitative estimate of drug-likeness (QED) is 0.0813. The van der Waals surface area contributed by atoms with Crippen LogP contribution in [0.2, 0.25) is 0 Å². The summed E-state index contributed by atoms with van der Waals surface area (Å²) in [5, 5.41) is 41.9. The van der Waals surface area contributed by atoms with Gasteiger partial charge in [0.25, 0.3) is 11.4 Å². The van der Waals surface area contributed by atoms with E-state index in [2.05, 4.69) is 0 Å². The van der Waals surface area contributed by atoms with Gasteiger partial charge in [-0.3, -0.25) is 20.2 Å². The van der Waals surface area contributed by atoms with E-state index >= 15 is 0 Å². The first-order valence-corrected chi connectivity index (χ1v) is 17.1. The Morgan fingerprint density at radius 2 is 0.864 bits per heavy atom. The van der Waals surface area contributed by atoms with Crippen LogP contribution in [0.15, 0.2) is 146 Å². The Hall–Kier alpha value is -7.60. The van der Waals surface area contributed by atoms with Gasteiger partial charge in [0.1, 0.15) is 11.4 Å². The first-order valence-electron chi connectivity index (χ1n) is 17.1. The highest BCUT2D eigenvalue weighted by Crippen LogP contribution is 2.32. The predicted molar refractivity (Wildman–Crippen MR) is 220 cm³/mol. The topological polar surface area (TPSA) is 205 Å². The molecule has 0 amide bonds. The Bertz CT molecular complexity index is 2550. The molecule has 19 heteroatoms. The zero-order valence-corrected chi connectivity index (χ0v) is 32.7. The molecule has 298 valence electrons. The number of benzene rings is 6. The van der Waals surface area contributed by atoms with Crippen molar-refractivity contribution in [2.45, 2.75) is 0 Å². The maximum atomic E-state index is 11.4. The second-order valence-electron chi connectivity index (χ2n) is 12.3. The number of halogens is 2. The Kier molecular flexibility index (Phi) is 13.1. The average Bonchev–Trinajstić information content (AvgIpc) is 3.90. The number of nitro benzene ring substituents is 2. The molecule has 2 N–H and O–H groups in total. The van der Waals surface area contributed by atoms with E-state index in [0.29, 0.717) is 45.9 Å². The normalized spacial score (nSPS) is 10.4. The van der Waals surface area contributed by atoms with Crippen molar-refractivity contribution in [2.75, 3.05) is 14.2 Å². The molecule has 6 aromatic carbocycles. The van der Waals surface area contributed by atoms with E-state index in [4.69, 9.17) is 29.9 Å². The lowest BCUT2D eigenvalue weighted by molar-refractivity contribution is -0.734. The van der Waals surface area contributed by atoms with E-state index in [1.807, 2.05) is 97.1 Å². The molecule has 0 atom stereocenters. The van der Waals surface area contributed by atoms with E-state index in [1.165, 1.54) is 24.3 Å². The summed E-state index contributed by atoms with van der Waals surface area (Å²) in [6.07, 6.45) is 0. The third kappa shape index (κ3) is 8.42. The van der Waals surface area contributed by atoms with Crippen molar-refractivity contribution in [3.8, 4) is 68.2 Å². The van der Waals surface area contributed by atoms with Gasteiger partial charge in [-0.05, 0) is 116 Å². The van der Waals surface area contributed by atoms with Gasteiger partial charge in [-0.25, -0.2) is 0 Å². The lowest BCUT2D eigenvalue weighted by Crippen LogP contribution is -2.43. The monoisotopic (exact) mass is 836 g/mol. The fourth-order valence-corrected chi connectivity index (χ4v) is 6.08. The molecule has 0 saturated heterocycles. The van der Waals surface area contributed by atoms with E-state index < -0.39 is 9.85 Å². The number of nitrogens with zero attached hydrogens (tertiary/aromatic N) is 10. The molecule has 8 aromatic rings. The summed E-state index contributed by atoms with van der Waals surface area (Å²) < 4.78 is 11.8. The van der Waals surface area contributed by atoms with Crippen LogP contribution in [0, 0.1) is 20.2 Å². The highest BCUT2D eigenvalue weighted by molar-refractivity contribution is 5.85. The number of hydrogen-bond acceptors (Lipinski definition) is 10. The van der Waals surface area contributed by atoms with Crippen molar-refractivity contribution in [3.63, 3.8) is 0 Å².